The van der Waals surface area contributed by atoms with Crippen LogP contribution in [0.25, 0.3) is 0 Å². The number of amides is 1. The summed E-state index contributed by atoms with van der Waals surface area (Å²) in [5.41, 5.74) is 4.71. The lowest BCUT2D eigenvalue weighted by Crippen LogP contribution is -2.41. The van der Waals surface area contributed by atoms with Crippen LogP contribution in [0.2, 0.25) is 0 Å². The standard InChI is InChI=1S/C13H20N4O3/c1-2-6-16-8-10(14)12(19)17(13(16)20)7-5-11(18)15-9-3-4-9/h8-9H,2-7,14H2,1H3,(H,15,18). The molecule has 0 radical (unpaired) electrons. The van der Waals surface area contributed by atoms with E-state index < -0.39 is 11.2 Å². The molecule has 0 atom stereocenters. The highest BCUT2D eigenvalue weighted by Gasteiger charge is 2.23. The number of rotatable bonds is 6. The Kier molecular flexibility index (Phi) is 4.26. The Labute approximate surface area is 116 Å². The Morgan fingerprint density at radius 2 is 2.10 bits per heavy atom. The lowest BCUT2D eigenvalue weighted by Gasteiger charge is -2.10. The third-order valence-electron chi connectivity index (χ3n) is 3.23. The predicted molar refractivity (Wildman–Crippen MR) is 75.4 cm³/mol. The van der Waals surface area contributed by atoms with E-state index in [2.05, 4.69) is 5.32 Å². The van der Waals surface area contributed by atoms with Gasteiger partial charge in [0.05, 0.1) is 0 Å². The summed E-state index contributed by atoms with van der Waals surface area (Å²) in [5.74, 6) is -0.136. The molecule has 0 bridgehead atoms. The highest BCUT2D eigenvalue weighted by molar-refractivity contribution is 5.76. The smallest absolute Gasteiger partial charge is 0.331 e. The fraction of sp³-hybridized carbons (Fsp3) is 0.615. The van der Waals surface area contributed by atoms with E-state index in [-0.39, 0.29) is 30.6 Å². The Hall–Kier alpha value is -2.05. The van der Waals surface area contributed by atoms with Crippen molar-refractivity contribution in [1.82, 2.24) is 14.5 Å². The molecule has 110 valence electrons. The van der Waals surface area contributed by atoms with Crippen LogP contribution in [0.4, 0.5) is 5.69 Å². The van der Waals surface area contributed by atoms with Crippen molar-refractivity contribution in [3.05, 3.63) is 27.0 Å². The zero-order valence-corrected chi connectivity index (χ0v) is 11.6. The number of anilines is 1. The predicted octanol–water partition coefficient (Wildman–Crippen LogP) is -0.329. The molecule has 1 amide bonds. The minimum Gasteiger partial charge on any atom is -0.393 e. The molecule has 1 aromatic rings. The van der Waals surface area contributed by atoms with Gasteiger partial charge in [-0.1, -0.05) is 6.92 Å². The average molecular weight is 280 g/mol. The molecule has 1 aliphatic rings. The van der Waals surface area contributed by atoms with Gasteiger partial charge in [-0.25, -0.2) is 4.79 Å². The number of aryl methyl sites for hydroxylation is 1. The van der Waals surface area contributed by atoms with Gasteiger partial charge in [-0.3, -0.25) is 18.7 Å². The lowest BCUT2D eigenvalue weighted by molar-refractivity contribution is -0.121. The topological polar surface area (TPSA) is 99.1 Å². The van der Waals surface area contributed by atoms with Crippen molar-refractivity contribution in [3.63, 3.8) is 0 Å². The largest absolute Gasteiger partial charge is 0.393 e. The molecule has 1 fully saturated rings. The monoisotopic (exact) mass is 280 g/mol. The van der Waals surface area contributed by atoms with Gasteiger partial charge in [-0.15, -0.1) is 0 Å². The van der Waals surface area contributed by atoms with Crippen LogP contribution in [0.1, 0.15) is 32.6 Å². The summed E-state index contributed by atoms with van der Waals surface area (Å²) in [5, 5.41) is 2.82. The van der Waals surface area contributed by atoms with Gasteiger partial charge in [0.1, 0.15) is 5.69 Å². The van der Waals surface area contributed by atoms with Crippen LogP contribution >= 0.6 is 0 Å². The quantitative estimate of drug-likeness (QED) is 0.745. The molecule has 1 heterocycles. The molecule has 0 aromatic carbocycles. The first-order valence-electron chi connectivity index (χ1n) is 6.92. The number of aromatic nitrogens is 2. The number of hydrogen-bond acceptors (Lipinski definition) is 4. The molecule has 0 unspecified atom stereocenters. The highest BCUT2D eigenvalue weighted by atomic mass is 16.2. The normalized spacial score (nSPS) is 14.2. The molecule has 7 nitrogen and oxygen atoms in total. The van der Waals surface area contributed by atoms with Crippen LogP contribution in [0.15, 0.2) is 15.8 Å². The van der Waals surface area contributed by atoms with Crippen molar-refractivity contribution < 1.29 is 4.79 Å². The van der Waals surface area contributed by atoms with Crippen molar-refractivity contribution in [1.29, 1.82) is 0 Å². The van der Waals surface area contributed by atoms with E-state index in [4.69, 9.17) is 5.73 Å². The van der Waals surface area contributed by atoms with E-state index in [0.717, 1.165) is 23.8 Å². The van der Waals surface area contributed by atoms with E-state index in [1.165, 1.54) is 10.8 Å². The minimum absolute atomic E-state index is 0.0284. The molecule has 3 N–H and O–H groups in total. The Morgan fingerprint density at radius 1 is 1.40 bits per heavy atom. The number of nitrogens with two attached hydrogens (primary N) is 1. The van der Waals surface area contributed by atoms with Gasteiger partial charge in [0.15, 0.2) is 0 Å². The van der Waals surface area contributed by atoms with E-state index in [9.17, 15) is 14.4 Å². The molecular weight excluding hydrogens is 260 g/mol. The minimum atomic E-state index is -0.526. The van der Waals surface area contributed by atoms with Crippen molar-refractivity contribution >= 4 is 11.6 Å². The summed E-state index contributed by atoms with van der Waals surface area (Å²) in [6.07, 6.45) is 4.26. The van der Waals surface area contributed by atoms with Gasteiger partial charge in [0.2, 0.25) is 5.91 Å². The zero-order valence-electron chi connectivity index (χ0n) is 11.6. The van der Waals surface area contributed by atoms with Gasteiger partial charge in [0.25, 0.3) is 5.56 Å². The second-order valence-electron chi connectivity index (χ2n) is 5.11. The molecule has 20 heavy (non-hydrogen) atoms. The Morgan fingerprint density at radius 3 is 2.70 bits per heavy atom. The maximum absolute atomic E-state index is 12.1. The van der Waals surface area contributed by atoms with Gasteiger partial charge in [-0.05, 0) is 19.3 Å². The summed E-state index contributed by atoms with van der Waals surface area (Å²) in [7, 11) is 0. The summed E-state index contributed by atoms with van der Waals surface area (Å²) < 4.78 is 2.45. The van der Waals surface area contributed by atoms with Gasteiger partial charge < -0.3 is 11.1 Å². The van der Waals surface area contributed by atoms with Gasteiger partial charge in [0, 0.05) is 31.7 Å². The van der Waals surface area contributed by atoms with E-state index >= 15 is 0 Å². The molecule has 2 rings (SSSR count). The van der Waals surface area contributed by atoms with Crippen molar-refractivity contribution in [2.24, 2.45) is 0 Å². The third kappa shape index (κ3) is 3.28. The van der Waals surface area contributed by atoms with Crippen LogP contribution in [0.3, 0.4) is 0 Å². The number of nitrogens with zero attached hydrogens (tertiary/aromatic N) is 2. The molecule has 0 aliphatic heterocycles. The Balaban J connectivity index is 2.14. The fourth-order valence-electron chi connectivity index (χ4n) is 2.02. The molecule has 0 saturated heterocycles. The summed E-state index contributed by atoms with van der Waals surface area (Å²) in [6.45, 7) is 2.49. The highest BCUT2D eigenvalue weighted by Crippen LogP contribution is 2.18. The molecular formula is C13H20N4O3. The second kappa shape index (κ2) is 5.94. The first-order chi connectivity index (χ1) is 9.52. The molecule has 7 heteroatoms. The molecule has 1 aromatic heterocycles. The van der Waals surface area contributed by atoms with Crippen LogP contribution in [0, 0.1) is 0 Å². The van der Waals surface area contributed by atoms with Crippen molar-refractivity contribution in [3.8, 4) is 0 Å². The number of carbonyl (C=O) groups is 1. The van der Waals surface area contributed by atoms with Gasteiger partial charge in [-0.2, -0.15) is 0 Å². The van der Waals surface area contributed by atoms with Crippen LogP contribution in [-0.4, -0.2) is 21.1 Å². The van der Waals surface area contributed by atoms with Crippen LogP contribution in [-0.2, 0) is 17.9 Å². The second-order valence-corrected chi connectivity index (χ2v) is 5.11. The molecule has 1 aliphatic carbocycles. The summed E-state index contributed by atoms with van der Waals surface area (Å²) in [4.78, 5) is 35.6. The number of carbonyl (C=O) groups excluding carboxylic acids is 1. The Bertz CT molecular complexity index is 613. The maximum atomic E-state index is 12.1. The van der Waals surface area contributed by atoms with Crippen LogP contribution in [0.5, 0.6) is 0 Å². The summed E-state index contributed by atoms with van der Waals surface area (Å²) >= 11 is 0. The van der Waals surface area contributed by atoms with Crippen molar-refractivity contribution in [2.75, 3.05) is 5.73 Å². The number of nitrogen functional groups attached to an aromatic ring is 1. The zero-order chi connectivity index (χ0) is 14.7. The van der Waals surface area contributed by atoms with Crippen LogP contribution < -0.4 is 22.3 Å². The number of nitrogens with one attached hydrogen (secondary N) is 1. The first kappa shape index (κ1) is 14.4. The lowest BCUT2D eigenvalue weighted by atomic mass is 10.3. The summed E-state index contributed by atoms with van der Waals surface area (Å²) in [6, 6.07) is 0.275. The fourth-order valence-corrected chi connectivity index (χ4v) is 2.02. The maximum Gasteiger partial charge on any atom is 0.331 e. The molecule has 1 saturated carbocycles. The third-order valence-corrected chi connectivity index (χ3v) is 3.23. The van der Waals surface area contributed by atoms with E-state index in [1.807, 2.05) is 6.92 Å². The number of hydrogen-bond donors (Lipinski definition) is 2. The van der Waals surface area contributed by atoms with E-state index in [0.29, 0.717) is 6.54 Å². The first-order valence-corrected chi connectivity index (χ1v) is 6.92. The SMILES string of the molecule is CCCn1cc(N)c(=O)n(CCC(=O)NC2CC2)c1=O. The van der Waals surface area contributed by atoms with Crippen molar-refractivity contribution in [2.45, 2.75) is 51.7 Å². The van der Waals surface area contributed by atoms with Gasteiger partial charge >= 0.3 is 5.69 Å². The van der Waals surface area contributed by atoms with E-state index in [1.54, 1.807) is 0 Å². The molecule has 0 spiro atoms. The average Bonchev–Trinajstić information content (AvgIpc) is 3.20.